The molecule has 0 aliphatic rings. The molecule has 7 heteroatoms. The van der Waals surface area contributed by atoms with Gasteiger partial charge in [-0.25, -0.2) is 0 Å². The van der Waals surface area contributed by atoms with Crippen LogP contribution in [0.2, 0.25) is 5.02 Å². The van der Waals surface area contributed by atoms with Crippen molar-refractivity contribution in [3.8, 4) is 0 Å². The van der Waals surface area contributed by atoms with Crippen LogP contribution in [0, 0.1) is 5.92 Å². The van der Waals surface area contributed by atoms with E-state index in [1.807, 2.05) is 18.2 Å². The Balaban J connectivity index is 2.25. The van der Waals surface area contributed by atoms with Crippen molar-refractivity contribution < 1.29 is 0 Å². The zero-order valence-corrected chi connectivity index (χ0v) is 16.0. The maximum Gasteiger partial charge on any atom is 0.189 e. The molecule has 1 aromatic rings. The van der Waals surface area contributed by atoms with Crippen LogP contribution in [0.5, 0.6) is 0 Å². The highest BCUT2D eigenvalue weighted by Gasteiger charge is 2.06. The zero-order valence-electron chi connectivity index (χ0n) is 13.6. The van der Waals surface area contributed by atoms with Gasteiger partial charge in [0.2, 0.25) is 0 Å². The number of anilines is 1. The summed E-state index contributed by atoms with van der Waals surface area (Å²) in [7, 11) is 0. The third-order valence-electron chi connectivity index (χ3n) is 3.47. The Morgan fingerprint density at radius 3 is 2.57 bits per heavy atom. The van der Waals surface area contributed by atoms with E-state index in [-0.39, 0.29) is 0 Å². The average Bonchev–Trinajstić information content (AvgIpc) is 2.53. The number of hydrogen-bond donors (Lipinski definition) is 4. The summed E-state index contributed by atoms with van der Waals surface area (Å²) >= 11 is 16.4. The Bertz CT molecular complexity index is 511. The molecular weight excluding hydrogens is 348 g/mol. The van der Waals surface area contributed by atoms with Crippen LogP contribution in [0.25, 0.3) is 0 Å². The molecule has 0 aliphatic heterocycles. The van der Waals surface area contributed by atoms with Crippen LogP contribution in [0.1, 0.15) is 39.5 Å². The summed E-state index contributed by atoms with van der Waals surface area (Å²) in [4.78, 5) is 0. The molecule has 0 aromatic heterocycles. The fourth-order valence-electron chi connectivity index (χ4n) is 2.07. The second kappa shape index (κ2) is 11.4. The SMILES string of the molecule is CCCC[C@H](CC)CNC(=S)NNC(=S)Nc1cccc(Cl)c1. The molecule has 1 atom stereocenters. The lowest BCUT2D eigenvalue weighted by Gasteiger charge is -2.18. The van der Waals surface area contributed by atoms with Gasteiger partial charge in [-0.3, -0.25) is 10.9 Å². The quantitative estimate of drug-likeness (QED) is 0.424. The van der Waals surface area contributed by atoms with Crippen molar-refractivity contribution in [2.45, 2.75) is 39.5 Å². The van der Waals surface area contributed by atoms with Crippen molar-refractivity contribution in [3.63, 3.8) is 0 Å². The van der Waals surface area contributed by atoms with E-state index in [0.29, 0.717) is 21.2 Å². The van der Waals surface area contributed by atoms with Crippen LogP contribution in [-0.4, -0.2) is 16.8 Å². The van der Waals surface area contributed by atoms with Crippen molar-refractivity contribution >= 4 is 51.9 Å². The number of hydrogen-bond acceptors (Lipinski definition) is 2. The van der Waals surface area contributed by atoms with Crippen molar-refractivity contribution in [3.05, 3.63) is 29.3 Å². The number of unbranched alkanes of at least 4 members (excludes halogenated alkanes) is 1. The van der Waals surface area contributed by atoms with Gasteiger partial charge in [-0.1, -0.05) is 50.8 Å². The molecule has 4 N–H and O–H groups in total. The average molecular weight is 373 g/mol. The van der Waals surface area contributed by atoms with Crippen LogP contribution in [-0.2, 0) is 0 Å². The molecule has 0 aliphatic carbocycles. The standard InChI is InChI=1S/C16H25ClN4S2/c1-3-5-7-12(4-2)11-18-15(22)20-21-16(23)19-14-9-6-8-13(17)10-14/h6,8-10,12H,3-5,7,11H2,1-2H3,(H2,18,20,22)(H2,19,21,23)/t12-/m0/s1. The Morgan fingerprint density at radius 1 is 1.17 bits per heavy atom. The number of nitrogens with one attached hydrogen (secondary N) is 4. The molecule has 23 heavy (non-hydrogen) atoms. The molecule has 1 rings (SSSR count). The van der Waals surface area contributed by atoms with Crippen LogP contribution in [0.15, 0.2) is 24.3 Å². The normalized spacial score (nSPS) is 11.4. The summed E-state index contributed by atoms with van der Waals surface area (Å²) in [5, 5.41) is 7.86. The third kappa shape index (κ3) is 8.93. The number of halogens is 1. The summed E-state index contributed by atoms with van der Waals surface area (Å²) in [5.41, 5.74) is 6.57. The van der Waals surface area contributed by atoms with Crippen LogP contribution < -0.4 is 21.5 Å². The first-order valence-corrected chi connectivity index (χ1v) is 9.11. The van der Waals surface area contributed by atoms with Gasteiger partial charge in [0.1, 0.15) is 0 Å². The lowest BCUT2D eigenvalue weighted by Crippen LogP contribution is -2.49. The predicted molar refractivity (Wildman–Crippen MR) is 108 cm³/mol. The van der Waals surface area contributed by atoms with Crippen LogP contribution in [0.4, 0.5) is 5.69 Å². The maximum atomic E-state index is 5.93. The topological polar surface area (TPSA) is 48.1 Å². The van der Waals surface area contributed by atoms with Crippen molar-refractivity contribution in [2.75, 3.05) is 11.9 Å². The Kier molecular flexibility index (Phi) is 9.91. The summed E-state index contributed by atoms with van der Waals surface area (Å²) in [5.74, 6) is 0.645. The van der Waals surface area contributed by atoms with Gasteiger partial charge in [-0.2, -0.15) is 0 Å². The molecule has 0 saturated carbocycles. The first kappa shape index (κ1) is 19.9. The lowest BCUT2D eigenvalue weighted by molar-refractivity contribution is 0.444. The minimum Gasteiger partial charge on any atom is -0.361 e. The minimum absolute atomic E-state index is 0.425. The highest BCUT2D eigenvalue weighted by Crippen LogP contribution is 2.14. The summed E-state index contributed by atoms with van der Waals surface area (Å²) in [6.07, 6.45) is 4.86. The fraction of sp³-hybridized carbons (Fsp3) is 0.500. The van der Waals surface area contributed by atoms with E-state index in [1.54, 1.807) is 6.07 Å². The monoisotopic (exact) mass is 372 g/mol. The lowest BCUT2D eigenvalue weighted by atomic mass is 9.99. The van der Waals surface area contributed by atoms with E-state index >= 15 is 0 Å². The first-order chi connectivity index (χ1) is 11.0. The first-order valence-electron chi connectivity index (χ1n) is 7.91. The van der Waals surface area contributed by atoms with Crippen LogP contribution >= 0.6 is 36.0 Å². The summed E-state index contributed by atoms with van der Waals surface area (Å²) < 4.78 is 0. The Labute approximate surface area is 154 Å². The van der Waals surface area contributed by atoms with Gasteiger partial charge in [-0.15, -0.1) is 0 Å². The molecule has 128 valence electrons. The zero-order chi connectivity index (χ0) is 17.1. The van der Waals surface area contributed by atoms with E-state index in [0.717, 1.165) is 18.7 Å². The van der Waals surface area contributed by atoms with Gasteiger partial charge >= 0.3 is 0 Å². The molecule has 4 nitrogen and oxygen atoms in total. The van der Waals surface area contributed by atoms with Crippen molar-refractivity contribution in [2.24, 2.45) is 5.92 Å². The molecule has 1 aromatic carbocycles. The smallest absolute Gasteiger partial charge is 0.189 e. The molecule has 0 saturated heterocycles. The van der Waals surface area contributed by atoms with E-state index in [9.17, 15) is 0 Å². The second-order valence-corrected chi connectivity index (χ2v) is 6.59. The Hall–Kier alpha value is -1.11. The molecule has 0 bridgehead atoms. The number of thiocarbonyl (C=S) groups is 2. The van der Waals surface area contributed by atoms with E-state index < -0.39 is 0 Å². The van der Waals surface area contributed by atoms with Gasteiger partial charge in [0.25, 0.3) is 0 Å². The van der Waals surface area contributed by atoms with Gasteiger partial charge in [0, 0.05) is 17.3 Å². The van der Waals surface area contributed by atoms with Gasteiger partial charge < -0.3 is 10.6 Å². The number of rotatable bonds is 7. The maximum absolute atomic E-state index is 5.93. The van der Waals surface area contributed by atoms with Gasteiger partial charge in [0.05, 0.1) is 0 Å². The van der Waals surface area contributed by atoms with E-state index in [2.05, 4.69) is 35.3 Å². The van der Waals surface area contributed by atoms with E-state index in [1.165, 1.54) is 19.3 Å². The molecule has 0 radical (unpaired) electrons. The largest absolute Gasteiger partial charge is 0.361 e. The van der Waals surface area contributed by atoms with Gasteiger partial charge in [0.15, 0.2) is 10.2 Å². The second-order valence-electron chi connectivity index (χ2n) is 5.34. The molecule has 0 spiro atoms. The molecule has 0 heterocycles. The fourth-order valence-corrected chi connectivity index (χ4v) is 2.56. The third-order valence-corrected chi connectivity index (χ3v) is 4.15. The number of hydrazine groups is 1. The number of benzene rings is 1. The molecular formula is C16H25ClN4S2. The highest BCUT2D eigenvalue weighted by molar-refractivity contribution is 7.80. The summed E-state index contributed by atoms with van der Waals surface area (Å²) in [6.45, 7) is 5.30. The van der Waals surface area contributed by atoms with Gasteiger partial charge in [-0.05, 0) is 55.0 Å². The molecule has 0 amide bonds. The Morgan fingerprint density at radius 2 is 1.91 bits per heavy atom. The van der Waals surface area contributed by atoms with Crippen LogP contribution in [0.3, 0.4) is 0 Å². The molecule has 0 fully saturated rings. The van der Waals surface area contributed by atoms with Crippen molar-refractivity contribution in [1.82, 2.24) is 16.2 Å². The predicted octanol–water partition coefficient (Wildman–Crippen LogP) is 4.22. The highest BCUT2D eigenvalue weighted by atomic mass is 35.5. The summed E-state index contributed by atoms with van der Waals surface area (Å²) in [6, 6.07) is 7.35. The van der Waals surface area contributed by atoms with Crippen molar-refractivity contribution in [1.29, 1.82) is 0 Å². The van der Waals surface area contributed by atoms with E-state index in [4.69, 9.17) is 36.0 Å². The molecule has 0 unspecified atom stereocenters. The minimum atomic E-state index is 0.425.